The van der Waals surface area contributed by atoms with E-state index in [9.17, 15) is 13.6 Å². The van der Waals surface area contributed by atoms with Gasteiger partial charge in [0.15, 0.2) is 6.10 Å². The third-order valence-electron chi connectivity index (χ3n) is 4.72. The molecule has 0 spiro atoms. The minimum atomic E-state index is -0.662. The number of aryl methyl sites for hydroxylation is 1. The maximum Gasteiger partial charge on any atom is 0.225 e. The van der Waals surface area contributed by atoms with Crippen molar-refractivity contribution in [3.63, 3.8) is 0 Å². The molecule has 0 saturated carbocycles. The van der Waals surface area contributed by atoms with Crippen LogP contribution in [0.4, 0.5) is 8.78 Å². The zero-order valence-electron chi connectivity index (χ0n) is 16.3. The van der Waals surface area contributed by atoms with Gasteiger partial charge in [0.2, 0.25) is 5.91 Å². The highest BCUT2D eigenvalue weighted by atomic mass is 19.1. The topological polar surface area (TPSA) is 41.9 Å². The van der Waals surface area contributed by atoms with Crippen LogP contribution in [0.25, 0.3) is 0 Å². The molecule has 148 valence electrons. The SMILES string of the molecule is Cc1ccc(C2=NOC(CN(Cc3ccc(F)cc3F)C(=O)C(C)C)C2)cc1. The van der Waals surface area contributed by atoms with Crippen molar-refractivity contribution in [3.05, 3.63) is 70.8 Å². The minimum Gasteiger partial charge on any atom is -0.390 e. The average Bonchev–Trinajstić information content (AvgIpc) is 3.11. The number of nitrogens with zero attached hydrogens (tertiary/aromatic N) is 2. The number of hydrogen-bond acceptors (Lipinski definition) is 3. The maximum atomic E-state index is 14.1. The summed E-state index contributed by atoms with van der Waals surface area (Å²) in [5, 5.41) is 4.17. The van der Waals surface area contributed by atoms with Crippen molar-refractivity contribution < 1.29 is 18.4 Å². The Bertz CT molecular complexity index is 879. The highest BCUT2D eigenvalue weighted by Crippen LogP contribution is 2.21. The van der Waals surface area contributed by atoms with Gasteiger partial charge in [-0.05, 0) is 18.6 Å². The molecule has 0 aliphatic carbocycles. The molecular formula is C22H24F2N2O2. The molecule has 0 radical (unpaired) electrons. The second kappa shape index (κ2) is 8.50. The van der Waals surface area contributed by atoms with Crippen molar-refractivity contribution in [2.75, 3.05) is 6.54 Å². The molecule has 0 N–H and O–H groups in total. The van der Waals surface area contributed by atoms with Gasteiger partial charge in [0.05, 0.1) is 12.3 Å². The fraction of sp³-hybridized carbons (Fsp3) is 0.364. The summed E-state index contributed by atoms with van der Waals surface area (Å²) in [6.07, 6.45) is 0.263. The van der Waals surface area contributed by atoms with Crippen LogP contribution in [-0.2, 0) is 16.2 Å². The number of hydrogen-bond donors (Lipinski definition) is 0. The Balaban J connectivity index is 1.70. The molecule has 1 aliphatic heterocycles. The minimum absolute atomic E-state index is 0.0584. The lowest BCUT2D eigenvalue weighted by molar-refractivity contribution is -0.137. The van der Waals surface area contributed by atoms with E-state index < -0.39 is 11.6 Å². The van der Waals surface area contributed by atoms with Gasteiger partial charge < -0.3 is 9.74 Å². The van der Waals surface area contributed by atoms with Crippen molar-refractivity contribution in [2.45, 2.75) is 39.8 Å². The van der Waals surface area contributed by atoms with Crippen molar-refractivity contribution in [3.8, 4) is 0 Å². The van der Waals surface area contributed by atoms with Crippen LogP contribution in [0.5, 0.6) is 0 Å². The Labute approximate surface area is 163 Å². The van der Waals surface area contributed by atoms with Crippen molar-refractivity contribution >= 4 is 11.6 Å². The van der Waals surface area contributed by atoms with Gasteiger partial charge in [-0.25, -0.2) is 8.78 Å². The molecule has 6 heteroatoms. The predicted molar refractivity (Wildman–Crippen MR) is 104 cm³/mol. The first-order valence-corrected chi connectivity index (χ1v) is 9.36. The Morgan fingerprint density at radius 3 is 2.57 bits per heavy atom. The molecular weight excluding hydrogens is 362 g/mol. The summed E-state index contributed by atoms with van der Waals surface area (Å²) in [6, 6.07) is 11.4. The summed E-state index contributed by atoms with van der Waals surface area (Å²) in [4.78, 5) is 19.7. The Morgan fingerprint density at radius 2 is 1.93 bits per heavy atom. The Morgan fingerprint density at radius 1 is 1.21 bits per heavy atom. The van der Waals surface area contributed by atoms with E-state index in [1.807, 2.05) is 31.2 Å². The van der Waals surface area contributed by atoms with Crippen molar-refractivity contribution in [1.82, 2.24) is 4.90 Å². The normalized spacial score (nSPS) is 16.1. The first-order valence-electron chi connectivity index (χ1n) is 9.36. The quantitative estimate of drug-likeness (QED) is 0.736. The maximum absolute atomic E-state index is 14.1. The van der Waals surface area contributed by atoms with Gasteiger partial charge in [-0.1, -0.05) is 54.9 Å². The van der Waals surface area contributed by atoms with Gasteiger partial charge in [-0.2, -0.15) is 0 Å². The van der Waals surface area contributed by atoms with E-state index in [0.717, 1.165) is 22.9 Å². The zero-order valence-corrected chi connectivity index (χ0v) is 16.3. The van der Waals surface area contributed by atoms with E-state index in [1.54, 1.807) is 18.7 Å². The van der Waals surface area contributed by atoms with Crippen LogP contribution in [0, 0.1) is 24.5 Å². The summed E-state index contributed by atoms with van der Waals surface area (Å²) < 4.78 is 27.2. The van der Waals surface area contributed by atoms with Crippen LogP contribution >= 0.6 is 0 Å². The molecule has 0 bridgehead atoms. The fourth-order valence-corrected chi connectivity index (χ4v) is 3.14. The summed E-state index contributed by atoms with van der Waals surface area (Å²) in [7, 11) is 0. The van der Waals surface area contributed by atoms with Crippen molar-refractivity contribution in [2.24, 2.45) is 11.1 Å². The first kappa shape index (κ1) is 20.0. The van der Waals surface area contributed by atoms with Crippen molar-refractivity contribution in [1.29, 1.82) is 0 Å². The third kappa shape index (κ3) is 4.74. The fourth-order valence-electron chi connectivity index (χ4n) is 3.14. The van der Waals surface area contributed by atoms with Crippen LogP contribution in [0.1, 0.15) is 37.0 Å². The molecule has 0 aromatic heterocycles. The van der Waals surface area contributed by atoms with Gasteiger partial charge in [0.25, 0.3) is 0 Å². The summed E-state index contributed by atoms with van der Waals surface area (Å²) in [5.74, 6) is -1.66. The van der Waals surface area contributed by atoms with Gasteiger partial charge >= 0.3 is 0 Å². The van der Waals surface area contributed by atoms with Gasteiger partial charge in [0, 0.05) is 30.5 Å². The van der Waals surface area contributed by atoms with Crippen LogP contribution in [0.15, 0.2) is 47.6 Å². The van der Waals surface area contributed by atoms with E-state index in [0.29, 0.717) is 6.42 Å². The molecule has 1 aliphatic rings. The number of rotatable bonds is 6. The zero-order chi connectivity index (χ0) is 20.3. The third-order valence-corrected chi connectivity index (χ3v) is 4.72. The molecule has 28 heavy (non-hydrogen) atoms. The van der Waals surface area contributed by atoms with E-state index in [1.165, 1.54) is 12.1 Å². The van der Waals surface area contributed by atoms with Crippen LogP contribution in [-0.4, -0.2) is 29.2 Å². The summed E-state index contributed by atoms with van der Waals surface area (Å²) in [6.45, 7) is 5.94. The van der Waals surface area contributed by atoms with E-state index >= 15 is 0 Å². The molecule has 4 nitrogen and oxygen atoms in total. The highest BCUT2D eigenvalue weighted by molar-refractivity contribution is 6.01. The average molecular weight is 386 g/mol. The molecule has 2 aromatic carbocycles. The summed E-state index contributed by atoms with van der Waals surface area (Å²) in [5.41, 5.74) is 3.25. The van der Waals surface area contributed by atoms with E-state index in [4.69, 9.17) is 4.84 Å². The Hall–Kier alpha value is -2.76. The van der Waals surface area contributed by atoms with Crippen LogP contribution < -0.4 is 0 Å². The molecule has 1 heterocycles. The van der Waals surface area contributed by atoms with Crippen LogP contribution in [0.3, 0.4) is 0 Å². The van der Waals surface area contributed by atoms with Gasteiger partial charge in [-0.3, -0.25) is 4.79 Å². The molecule has 1 atom stereocenters. The second-order valence-electron chi connectivity index (χ2n) is 7.44. The van der Waals surface area contributed by atoms with E-state index in [2.05, 4.69) is 5.16 Å². The number of carbonyl (C=O) groups is 1. The largest absolute Gasteiger partial charge is 0.390 e. The lowest BCUT2D eigenvalue weighted by Gasteiger charge is -2.26. The molecule has 1 amide bonds. The van der Waals surface area contributed by atoms with Gasteiger partial charge in [-0.15, -0.1) is 0 Å². The number of oxime groups is 1. The number of benzene rings is 2. The number of amides is 1. The smallest absolute Gasteiger partial charge is 0.225 e. The monoisotopic (exact) mass is 386 g/mol. The molecule has 0 fully saturated rings. The highest BCUT2D eigenvalue weighted by Gasteiger charge is 2.28. The molecule has 3 rings (SSSR count). The lowest BCUT2D eigenvalue weighted by Crippen LogP contribution is -2.39. The summed E-state index contributed by atoms with van der Waals surface area (Å²) >= 11 is 0. The van der Waals surface area contributed by atoms with Gasteiger partial charge in [0.1, 0.15) is 11.6 Å². The molecule has 0 saturated heterocycles. The number of carbonyl (C=O) groups excluding carboxylic acids is 1. The first-order chi connectivity index (χ1) is 13.3. The lowest BCUT2D eigenvalue weighted by atomic mass is 10.0. The molecule has 2 aromatic rings. The second-order valence-corrected chi connectivity index (χ2v) is 7.44. The standard InChI is InChI=1S/C22H24F2N2O2/c1-14(2)22(27)26(12-17-8-9-18(23)10-20(17)24)13-19-11-21(25-28-19)16-6-4-15(3)5-7-16/h4-10,14,19H,11-13H2,1-3H3. The Kier molecular flexibility index (Phi) is 6.07. The van der Waals surface area contributed by atoms with Crippen LogP contribution in [0.2, 0.25) is 0 Å². The number of halogens is 2. The predicted octanol–water partition coefficient (Wildman–Crippen LogP) is 4.45. The molecule has 1 unspecified atom stereocenters. The van der Waals surface area contributed by atoms with E-state index in [-0.39, 0.29) is 36.6 Å².